The maximum atomic E-state index is 12.3. The normalized spacial score (nSPS) is 25.3. The van der Waals surface area contributed by atoms with Crippen molar-refractivity contribution in [3.8, 4) is 0 Å². The van der Waals surface area contributed by atoms with E-state index in [1.54, 1.807) is 0 Å². The van der Waals surface area contributed by atoms with Gasteiger partial charge in [0, 0.05) is 13.1 Å². The first-order valence-corrected chi connectivity index (χ1v) is 8.38. The van der Waals surface area contributed by atoms with Crippen molar-refractivity contribution in [3.63, 3.8) is 0 Å². The van der Waals surface area contributed by atoms with Gasteiger partial charge in [0.15, 0.2) is 0 Å². The predicted molar refractivity (Wildman–Crippen MR) is 93.6 cm³/mol. The Kier molecular flexibility index (Phi) is 6.45. The van der Waals surface area contributed by atoms with E-state index in [-0.39, 0.29) is 35.9 Å². The zero-order valence-electron chi connectivity index (χ0n) is 13.5. The lowest BCUT2D eigenvalue weighted by molar-refractivity contribution is -0.132. The molecule has 1 aliphatic carbocycles. The summed E-state index contributed by atoms with van der Waals surface area (Å²) < 4.78 is 5.67. The zero-order chi connectivity index (χ0) is 15.4. The van der Waals surface area contributed by atoms with E-state index in [1.807, 2.05) is 6.07 Å². The number of ether oxygens (including phenoxy) is 1. The van der Waals surface area contributed by atoms with Gasteiger partial charge in [0.05, 0.1) is 6.10 Å². The second kappa shape index (κ2) is 8.13. The highest BCUT2D eigenvalue weighted by Crippen LogP contribution is 2.43. The molecule has 3 N–H and O–H groups in total. The van der Waals surface area contributed by atoms with E-state index in [4.69, 9.17) is 10.5 Å². The van der Waals surface area contributed by atoms with Crippen LogP contribution in [0.25, 0.3) is 0 Å². The summed E-state index contributed by atoms with van der Waals surface area (Å²) in [5.74, 6) is 0.0373. The summed E-state index contributed by atoms with van der Waals surface area (Å²) in [7, 11) is 0. The first kappa shape index (κ1) is 18.2. The number of nitrogens with two attached hydrogens (primary N) is 1. The summed E-state index contributed by atoms with van der Waals surface area (Å²) in [5.41, 5.74) is 7.20. The van der Waals surface area contributed by atoms with Crippen LogP contribution in [0.1, 0.15) is 37.7 Å². The highest BCUT2D eigenvalue weighted by Gasteiger charge is 2.38. The van der Waals surface area contributed by atoms with Crippen LogP contribution in [0.3, 0.4) is 0 Å². The average Bonchev–Trinajstić information content (AvgIpc) is 2.99. The van der Waals surface area contributed by atoms with E-state index in [9.17, 15) is 4.79 Å². The van der Waals surface area contributed by atoms with E-state index in [2.05, 4.69) is 29.6 Å². The Morgan fingerprint density at radius 1 is 1.26 bits per heavy atom. The van der Waals surface area contributed by atoms with Crippen molar-refractivity contribution in [2.24, 2.45) is 11.1 Å². The second-order valence-electron chi connectivity index (χ2n) is 6.79. The lowest BCUT2D eigenvalue weighted by Gasteiger charge is -2.42. The lowest BCUT2D eigenvalue weighted by Crippen LogP contribution is -2.46. The smallest absolute Gasteiger partial charge is 0.249 e. The molecule has 2 aliphatic rings. The second-order valence-corrected chi connectivity index (χ2v) is 6.79. The molecular formula is C18H27ClN2O2. The van der Waals surface area contributed by atoms with Crippen LogP contribution < -0.4 is 11.1 Å². The maximum absolute atomic E-state index is 12.3. The average molecular weight is 339 g/mol. The molecule has 0 radical (unpaired) electrons. The Morgan fingerprint density at radius 2 is 2.00 bits per heavy atom. The number of rotatable bonds is 6. The van der Waals surface area contributed by atoms with Crippen LogP contribution in [0.4, 0.5) is 0 Å². The van der Waals surface area contributed by atoms with Crippen LogP contribution in [0, 0.1) is 5.41 Å². The van der Waals surface area contributed by atoms with Gasteiger partial charge in [-0.2, -0.15) is 0 Å². The topological polar surface area (TPSA) is 64.4 Å². The molecule has 0 spiro atoms. The minimum Gasteiger partial charge on any atom is -0.364 e. The molecule has 2 atom stereocenters. The quantitative estimate of drug-likeness (QED) is 0.837. The molecule has 0 bridgehead atoms. The SMILES string of the molecule is Cl.NC[C@H]1CC[C@@H](C(=O)NCC2(Cc3ccccc3)CCC2)O1. The minimum absolute atomic E-state index is 0. The molecule has 2 fully saturated rings. The van der Waals surface area contributed by atoms with Crippen molar-refractivity contribution < 1.29 is 9.53 Å². The Morgan fingerprint density at radius 3 is 2.57 bits per heavy atom. The van der Waals surface area contributed by atoms with Crippen molar-refractivity contribution >= 4 is 18.3 Å². The van der Waals surface area contributed by atoms with Crippen LogP contribution in [-0.4, -0.2) is 31.2 Å². The number of nitrogens with one attached hydrogen (secondary N) is 1. The molecule has 4 nitrogen and oxygen atoms in total. The van der Waals surface area contributed by atoms with E-state index >= 15 is 0 Å². The molecule has 128 valence electrons. The maximum Gasteiger partial charge on any atom is 0.249 e. The predicted octanol–water partition coefficient (Wildman–Crippen LogP) is 2.44. The Balaban J connectivity index is 0.00000192. The molecule has 1 amide bonds. The number of amides is 1. The van der Waals surface area contributed by atoms with E-state index in [0.717, 1.165) is 25.8 Å². The van der Waals surface area contributed by atoms with Gasteiger partial charge < -0.3 is 15.8 Å². The fraction of sp³-hybridized carbons (Fsp3) is 0.611. The highest BCUT2D eigenvalue weighted by atomic mass is 35.5. The van der Waals surface area contributed by atoms with Gasteiger partial charge in [0.1, 0.15) is 6.10 Å². The first-order chi connectivity index (χ1) is 10.7. The van der Waals surface area contributed by atoms with Gasteiger partial charge in [-0.1, -0.05) is 36.8 Å². The molecule has 0 unspecified atom stereocenters. The van der Waals surface area contributed by atoms with Crippen molar-refractivity contribution in [1.82, 2.24) is 5.32 Å². The fourth-order valence-corrected chi connectivity index (χ4v) is 3.58. The van der Waals surface area contributed by atoms with Crippen LogP contribution in [0.5, 0.6) is 0 Å². The number of carbonyl (C=O) groups excluding carboxylic acids is 1. The Labute approximate surface area is 144 Å². The van der Waals surface area contributed by atoms with Gasteiger partial charge in [0.25, 0.3) is 0 Å². The lowest BCUT2D eigenvalue weighted by atomic mass is 9.65. The zero-order valence-corrected chi connectivity index (χ0v) is 14.3. The van der Waals surface area contributed by atoms with E-state index < -0.39 is 0 Å². The number of carbonyl (C=O) groups is 1. The number of hydrogen-bond donors (Lipinski definition) is 2. The summed E-state index contributed by atoms with van der Waals surface area (Å²) >= 11 is 0. The van der Waals surface area contributed by atoms with Crippen LogP contribution >= 0.6 is 12.4 Å². The van der Waals surface area contributed by atoms with Crippen LogP contribution in [0.2, 0.25) is 0 Å². The number of halogens is 1. The molecule has 1 saturated heterocycles. The molecule has 0 aromatic heterocycles. The molecule has 1 heterocycles. The van der Waals surface area contributed by atoms with Crippen molar-refractivity contribution in [3.05, 3.63) is 35.9 Å². The third-order valence-electron chi connectivity index (χ3n) is 5.14. The number of hydrogen-bond acceptors (Lipinski definition) is 3. The van der Waals surface area contributed by atoms with Gasteiger partial charge in [-0.3, -0.25) is 4.79 Å². The van der Waals surface area contributed by atoms with E-state index in [0.29, 0.717) is 6.54 Å². The first-order valence-electron chi connectivity index (χ1n) is 8.38. The molecule has 1 aliphatic heterocycles. The summed E-state index contributed by atoms with van der Waals surface area (Å²) in [5, 5.41) is 3.13. The Hall–Kier alpha value is -1.10. The molecule has 1 aromatic rings. The van der Waals surface area contributed by atoms with Gasteiger partial charge >= 0.3 is 0 Å². The Bertz CT molecular complexity index is 505. The van der Waals surface area contributed by atoms with Crippen LogP contribution in [-0.2, 0) is 16.0 Å². The molecule has 23 heavy (non-hydrogen) atoms. The summed E-state index contributed by atoms with van der Waals surface area (Å²) in [6.45, 7) is 1.26. The molecule has 1 saturated carbocycles. The number of benzene rings is 1. The van der Waals surface area contributed by atoms with Crippen molar-refractivity contribution in [2.45, 2.75) is 50.7 Å². The molecular weight excluding hydrogens is 312 g/mol. The van der Waals surface area contributed by atoms with Crippen molar-refractivity contribution in [2.75, 3.05) is 13.1 Å². The fourth-order valence-electron chi connectivity index (χ4n) is 3.58. The monoisotopic (exact) mass is 338 g/mol. The van der Waals surface area contributed by atoms with E-state index in [1.165, 1.54) is 24.8 Å². The van der Waals surface area contributed by atoms with Gasteiger partial charge in [-0.15, -0.1) is 12.4 Å². The molecule has 1 aromatic carbocycles. The van der Waals surface area contributed by atoms with Gasteiger partial charge in [-0.25, -0.2) is 0 Å². The molecule has 3 rings (SSSR count). The summed E-state index contributed by atoms with van der Waals surface area (Å²) in [4.78, 5) is 12.3. The van der Waals surface area contributed by atoms with Gasteiger partial charge in [-0.05, 0) is 43.1 Å². The summed E-state index contributed by atoms with van der Waals surface area (Å²) in [6.07, 6.45) is 6.13. The van der Waals surface area contributed by atoms with Crippen molar-refractivity contribution in [1.29, 1.82) is 0 Å². The standard InChI is InChI=1S/C18H26N2O2.ClH/c19-12-15-7-8-16(22-15)17(21)20-13-18(9-4-10-18)11-14-5-2-1-3-6-14;/h1-3,5-6,15-16H,4,7-13,19H2,(H,20,21);1H/t15-,16+;/m1./s1. The summed E-state index contributed by atoms with van der Waals surface area (Å²) in [6, 6.07) is 10.6. The minimum atomic E-state index is -0.303. The molecule has 5 heteroatoms. The third-order valence-corrected chi connectivity index (χ3v) is 5.14. The third kappa shape index (κ3) is 4.46. The largest absolute Gasteiger partial charge is 0.364 e. The highest BCUT2D eigenvalue weighted by molar-refractivity contribution is 5.85. The van der Waals surface area contributed by atoms with Crippen LogP contribution in [0.15, 0.2) is 30.3 Å². The van der Waals surface area contributed by atoms with Gasteiger partial charge in [0.2, 0.25) is 5.91 Å².